The van der Waals surface area contributed by atoms with Gasteiger partial charge in [-0.15, -0.1) is 11.3 Å². The number of aliphatic carboxylic acids is 1. The van der Waals surface area contributed by atoms with E-state index in [9.17, 15) is 9.59 Å². The minimum absolute atomic E-state index is 0.0129. The molecule has 1 amide bonds. The molecule has 0 aliphatic carbocycles. The molecule has 1 atom stereocenters. The van der Waals surface area contributed by atoms with Gasteiger partial charge in [-0.05, 0) is 24.4 Å². The zero-order chi connectivity index (χ0) is 14.5. The van der Waals surface area contributed by atoms with E-state index in [1.165, 1.54) is 0 Å². The molecular formula is C14H18N2O3S. The number of carboxylic acid groups (broad SMARTS) is 1. The number of carbonyl (C=O) groups excluding carboxylic acids is 1. The Hall–Kier alpha value is -1.66. The minimum Gasteiger partial charge on any atom is -0.480 e. The van der Waals surface area contributed by atoms with E-state index in [-0.39, 0.29) is 5.91 Å². The van der Waals surface area contributed by atoms with Crippen molar-refractivity contribution in [3.63, 3.8) is 0 Å². The van der Waals surface area contributed by atoms with E-state index in [0.29, 0.717) is 26.2 Å². The summed E-state index contributed by atoms with van der Waals surface area (Å²) in [7, 11) is 0. The van der Waals surface area contributed by atoms with E-state index in [1.54, 1.807) is 29.2 Å². The summed E-state index contributed by atoms with van der Waals surface area (Å²) in [6.45, 7) is 4.03. The zero-order valence-electron chi connectivity index (χ0n) is 11.4. The maximum atomic E-state index is 12.0. The Morgan fingerprint density at radius 2 is 2.05 bits per heavy atom. The molecule has 1 aromatic rings. The first kappa shape index (κ1) is 14.7. The second-order valence-corrected chi connectivity index (χ2v) is 5.70. The van der Waals surface area contributed by atoms with Gasteiger partial charge in [-0.3, -0.25) is 14.5 Å². The minimum atomic E-state index is -0.817. The van der Waals surface area contributed by atoms with E-state index in [4.69, 9.17) is 5.11 Å². The molecule has 1 aliphatic heterocycles. The molecule has 1 N–H and O–H groups in total. The maximum Gasteiger partial charge on any atom is 0.320 e. The van der Waals surface area contributed by atoms with E-state index < -0.39 is 12.0 Å². The van der Waals surface area contributed by atoms with Crippen LogP contribution in [0.15, 0.2) is 23.6 Å². The van der Waals surface area contributed by atoms with Crippen LogP contribution < -0.4 is 0 Å². The van der Waals surface area contributed by atoms with Gasteiger partial charge in [0.25, 0.3) is 0 Å². The van der Waals surface area contributed by atoms with E-state index >= 15 is 0 Å². The first-order valence-electron chi connectivity index (χ1n) is 6.55. The van der Waals surface area contributed by atoms with Crippen LogP contribution in [-0.4, -0.2) is 59.0 Å². The van der Waals surface area contributed by atoms with Crippen molar-refractivity contribution < 1.29 is 14.7 Å². The fraction of sp³-hybridized carbons (Fsp3) is 0.429. The highest BCUT2D eigenvalue weighted by atomic mass is 32.1. The van der Waals surface area contributed by atoms with Crippen LogP contribution in [-0.2, 0) is 9.59 Å². The Balaban J connectivity index is 1.84. The van der Waals surface area contributed by atoms with Crippen LogP contribution in [0.5, 0.6) is 0 Å². The summed E-state index contributed by atoms with van der Waals surface area (Å²) in [6.07, 6.45) is 3.40. The number of amides is 1. The molecule has 0 saturated carbocycles. The van der Waals surface area contributed by atoms with Crippen molar-refractivity contribution in [1.29, 1.82) is 0 Å². The maximum absolute atomic E-state index is 12.0. The van der Waals surface area contributed by atoms with Crippen LogP contribution in [0.2, 0.25) is 0 Å². The van der Waals surface area contributed by atoms with E-state index in [1.807, 2.05) is 28.5 Å². The van der Waals surface area contributed by atoms with Gasteiger partial charge >= 0.3 is 5.97 Å². The predicted molar refractivity (Wildman–Crippen MR) is 78.6 cm³/mol. The van der Waals surface area contributed by atoms with Gasteiger partial charge in [0.1, 0.15) is 6.04 Å². The van der Waals surface area contributed by atoms with Crippen LogP contribution in [0.4, 0.5) is 0 Å². The summed E-state index contributed by atoms with van der Waals surface area (Å²) >= 11 is 1.59. The number of hydrogen-bond donors (Lipinski definition) is 1. The predicted octanol–water partition coefficient (Wildman–Crippen LogP) is 1.38. The molecule has 1 fully saturated rings. The molecule has 1 aliphatic rings. The van der Waals surface area contributed by atoms with Gasteiger partial charge in [0.05, 0.1) is 0 Å². The van der Waals surface area contributed by atoms with Gasteiger partial charge in [0.2, 0.25) is 5.91 Å². The number of piperazine rings is 1. The average molecular weight is 294 g/mol. The SMILES string of the molecule is CC(C(=O)O)N1CCN(C(=O)C=Cc2cccs2)CC1. The molecule has 1 unspecified atom stereocenters. The summed E-state index contributed by atoms with van der Waals surface area (Å²) in [5.41, 5.74) is 0. The summed E-state index contributed by atoms with van der Waals surface area (Å²) in [6, 6.07) is 3.41. The quantitative estimate of drug-likeness (QED) is 0.852. The number of carboxylic acids is 1. The van der Waals surface area contributed by atoms with Crippen LogP contribution in [0, 0.1) is 0 Å². The summed E-state index contributed by atoms with van der Waals surface area (Å²) in [4.78, 5) is 27.6. The highest BCUT2D eigenvalue weighted by molar-refractivity contribution is 7.10. The normalized spacial score (nSPS) is 18.4. The molecule has 20 heavy (non-hydrogen) atoms. The molecule has 1 aromatic heterocycles. The Labute approximate surface area is 122 Å². The smallest absolute Gasteiger partial charge is 0.320 e. The van der Waals surface area contributed by atoms with Crippen LogP contribution >= 0.6 is 11.3 Å². The van der Waals surface area contributed by atoms with Crippen molar-refractivity contribution in [1.82, 2.24) is 9.80 Å². The molecule has 0 spiro atoms. The lowest BCUT2D eigenvalue weighted by Gasteiger charge is -2.36. The first-order valence-corrected chi connectivity index (χ1v) is 7.43. The third kappa shape index (κ3) is 3.68. The fourth-order valence-electron chi connectivity index (χ4n) is 2.13. The second-order valence-electron chi connectivity index (χ2n) is 4.72. The monoisotopic (exact) mass is 294 g/mol. The van der Waals surface area contributed by atoms with Crippen molar-refractivity contribution in [2.75, 3.05) is 26.2 Å². The van der Waals surface area contributed by atoms with Crippen molar-refractivity contribution >= 4 is 29.3 Å². The first-order chi connectivity index (χ1) is 9.58. The van der Waals surface area contributed by atoms with Gasteiger partial charge in [-0.25, -0.2) is 0 Å². The standard InChI is InChI=1S/C14H18N2O3S/c1-11(14(18)19)15-6-8-16(9-7-15)13(17)5-4-12-3-2-10-20-12/h2-5,10-11H,6-9H2,1H3,(H,18,19). The topological polar surface area (TPSA) is 60.9 Å². The number of carbonyl (C=O) groups is 2. The molecule has 0 aromatic carbocycles. The number of thiophene rings is 1. The number of nitrogens with zero attached hydrogens (tertiary/aromatic N) is 2. The Morgan fingerprint density at radius 1 is 1.35 bits per heavy atom. The highest BCUT2D eigenvalue weighted by Crippen LogP contribution is 2.11. The van der Waals surface area contributed by atoms with Gasteiger partial charge in [0.15, 0.2) is 0 Å². The molecule has 5 nitrogen and oxygen atoms in total. The summed E-state index contributed by atoms with van der Waals surface area (Å²) in [5.74, 6) is -0.830. The molecule has 6 heteroatoms. The largest absolute Gasteiger partial charge is 0.480 e. The van der Waals surface area contributed by atoms with Crippen LogP contribution in [0.1, 0.15) is 11.8 Å². The van der Waals surface area contributed by atoms with E-state index in [0.717, 1.165) is 4.88 Å². The molecular weight excluding hydrogens is 276 g/mol. The van der Waals surface area contributed by atoms with Crippen molar-refractivity contribution in [3.8, 4) is 0 Å². The molecule has 1 saturated heterocycles. The highest BCUT2D eigenvalue weighted by Gasteiger charge is 2.26. The van der Waals surface area contributed by atoms with Crippen molar-refractivity contribution in [2.45, 2.75) is 13.0 Å². The lowest BCUT2D eigenvalue weighted by molar-refractivity contribution is -0.143. The van der Waals surface area contributed by atoms with Gasteiger partial charge < -0.3 is 10.0 Å². The van der Waals surface area contributed by atoms with Gasteiger partial charge in [0, 0.05) is 37.1 Å². The van der Waals surface area contributed by atoms with Crippen LogP contribution in [0.3, 0.4) is 0 Å². The molecule has 108 valence electrons. The van der Waals surface area contributed by atoms with E-state index in [2.05, 4.69) is 0 Å². The lowest BCUT2D eigenvalue weighted by Crippen LogP contribution is -2.52. The average Bonchev–Trinajstić information content (AvgIpc) is 2.97. The zero-order valence-corrected chi connectivity index (χ0v) is 12.2. The van der Waals surface area contributed by atoms with Crippen molar-refractivity contribution in [2.24, 2.45) is 0 Å². The molecule has 2 heterocycles. The fourth-order valence-corrected chi connectivity index (χ4v) is 2.75. The molecule has 0 radical (unpaired) electrons. The third-order valence-corrected chi connectivity index (χ3v) is 4.30. The third-order valence-electron chi connectivity index (χ3n) is 3.46. The van der Waals surface area contributed by atoms with Crippen molar-refractivity contribution in [3.05, 3.63) is 28.5 Å². The number of hydrogen-bond acceptors (Lipinski definition) is 4. The molecule has 2 rings (SSSR count). The number of rotatable bonds is 4. The summed E-state index contributed by atoms with van der Waals surface area (Å²) in [5, 5.41) is 10.9. The van der Waals surface area contributed by atoms with Gasteiger partial charge in [-0.1, -0.05) is 6.07 Å². The Kier molecular flexibility index (Phi) is 4.92. The Morgan fingerprint density at radius 3 is 2.60 bits per heavy atom. The second kappa shape index (κ2) is 6.67. The molecule has 0 bridgehead atoms. The Bertz CT molecular complexity index is 491. The lowest BCUT2D eigenvalue weighted by atomic mass is 10.2. The van der Waals surface area contributed by atoms with Crippen LogP contribution in [0.25, 0.3) is 6.08 Å². The van der Waals surface area contributed by atoms with Gasteiger partial charge in [-0.2, -0.15) is 0 Å². The summed E-state index contributed by atoms with van der Waals surface area (Å²) < 4.78 is 0.